The number of carbonyl (C=O) groups excluding carboxylic acids is 2. The number of allylic oxidation sites excluding steroid dienone is 2. The van der Waals surface area contributed by atoms with Crippen molar-refractivity contribution >= 4 is 39.8 Å². The van der Waals surface area contributed by atoms with E-state index < -0.39 is 40.4 Å². The summed E-state index contributed by atoms with van der Waals surface area (Å²) in [4.78, 5) is 34.3. The predicted octanol–water partition coefficient (Wildman–Crippen LogP) is 3.26. The summed E-state index contributed by atoms with van der Waals surface area (Å²) >= 11 is 0. The lowest BCUT2D eigenvalue weighted by Crippen LogP contribution is -2.32. The van der Waals surface area contributed by atoms with E-state index in [0.29, 0.717) is 27.5 Å². The van der Waals surface area contributed by atoms with Gasteiger partial charge in [0.15, 0.2) is 22.0 Å². The molecule has 172 valence electrons. The van der Waals surface area contributed by atoms with E-state index in [4.69, 9.17) is 5.11 Å². The number of nitrogens with zero attached hydrogens (tertiary/aromatic N) is 2. The highest BCUT2D eigenvalue weighted by atomic mass is 32.2. The minimum absolute atomic E-state index is 0.0584. The highest BCUT2D eigenvalue weighted by molar-refractivity contribution is 7.88. The summed E-state index contributed by atoms with van der Waals surface area (Å²) in [6, 6.07) is 0. The average molecular weight is 463 g/mol. The predicted molar refractivity (Wildman–Crippen MR) is 120 cm³/mol. The topological polar surface area (TPSA) is 112 Å². The van der Waals surface area contributed by atoms with E-state index in [1.165, 1.54) is 17.6 Å². The number of rotatable bonds is 6. The molecule has 10 heteroatoms. The second-order valence-electron chi connectivity index (χ2n) is 6.92. The van der Waals surface area contributed by atoms with Crippen molar-refractivity contribution in [2.24, 2.45) is 0 Å². The Bertz CT molecular complexity index is 725. The zero-order chi connectivity index (χ0) is 23.6. The smallest absolute Gasteiger partial charge is 0.324 e. The Hall–Kier alpha value is -1.81. The molecule has 0 saturated carbocycles. The van der Waals surface area contributed by atoms with Gasteiger partial charge in [-0.3, -0.25) is 18.7 Å². The number of amides is 2. The molecule has 2 amide bonds. The Morgan fingerprint density at radius 1 is 0.833 bits per heavy atom. The van der Waals surface area contributed by atoms with Gasteiger partial charge in [0.1, 0.15) is 6.54 Å². The molecule has 8 nitrogen and oxygen atoms in total. The molecule has 2 unspecified atom stereocenters. The molecule has 0 saturated heterocycles. The molecular formula is C20H34N2O6S2. The lowest BCUT2D eigenvalue weighted by Gasteiger charge is -2.14. The highest BCUT2D eigenvalue weighted by Gasteiger charge is 2.33. The molecule has 1 N–H and O–H groups in total. The normalized spacial score (nSPS) is 20.9. The van der Waals surface area contributed by atoms with Gasteiger partial charge in [0.25, 0.3) is 11.8 Å². The zero-order valence-corrected chi connectivity index (χ0v) is 20.6. The third-order valence-electron chi connectivity index (χ3n) is 4.32. The molecule has 0 aliphatic carbocycles. The maximum absolute atomic E-state index is 11.7. The fraction of sp³-hybridized carbons (Fsp3) is 0.650. The van der Waals surface area contributed by atoms with Crippen molar-refractivity contribution in [2.75, 3.05) is 13.1 Å². The Labute approximate surface area is 184 Å². The largest absolute Gasteiger partial charge is 0.480 e. The van der Waals surface area contributed by atoms with Crippen LogP contribution in [0.3, 0.4) is 0 Å². The van der Waals surface area contributed by atoms with Crippen molar-refractivity contribution < 1.29 is 27.9 Å². The van der Waals surface area contributed by atoms with E-state index >= 15 is 0 Å². The van der Waals surface area contributed by atoms with Crippen molar-refractivity contribution in [1.82, 2.24) is 8.61 Å². The minimum atomic E-state index is -1.60. The molecule has 30 heavy (non-hydrogen) atoms. The van der Waals surface area contributed by atoms with Gasteiger partial charge >= 0.3 is 5.97 Å². The molecular weight excluding hydrogens is 428 g/mol. The SMILES string of the molecule is CC1=C(C)S(=O)N(CC(=O)O)C1=O.CCC.CCCCCN1C(=O)C(C)=C(C)S1=O. The van der Waals surface area contributed by atoms with E-state index in [1.807, 2.05) is 0 Å². The minimum Gasteiger partial charge on any atom is -0.480 e. The molecule has 2 atom stereocenters. The maximum atomic E-state index is 11.7. The Kier molecular flexibility index (Phi) is 12.7. The van der Waals surface area contributed by atoms with Crippen LogP contribution < -0.4 is 0 Å². The van der Waals surface area contributed by atoms with Crippen LogP contribution in [-0.4, -0.2) is 53.0 Å². The maximum Gasteiger partial charge on any atom is 0.324 e. The number of hydrogen-bond donors (Lipinski definition) is 1. The first kappa shape index (κ1) is 28.2. The quantitative estimate of drug-likeness (QED) is 0.606. The van der Waals surface area contributed by atoms with Crippen LogP contribution in [0.25, 0.3) is 0 Å². The van der Waals surface area contributed by atoms with Gasteiger partial charge in [-0.1, -0.05) is 40.0 Å². The lowest BCUT2D eigenvalue weighted by atomic mass is 10.2. The van der Waals surface area contributed by atoms with Gasteiger partial charge in [0.05, 0.1) is 0 Å². The number of unbranched alkanes of at least 4 members (excludes halogenated alkanes) is 2. The molecule has 2 rings (SSSR count). The van der Waals surface area contributed by atoms with Gasteiger partial charge < -0.3 is 5.11 Å². The molecule has 0 bridgehead atoms. The Balaban J connectivity index is 0.000000497. The second-order valence-corrected chi connectivity index (χ2v) is 10.0. The van der Waals surface area contributed by atoms with E-state index in [0.717, 1.165) is 23.6 Å². The molecule has 0 aromatic carbocycles. The van der Waals surface area contributed by atoms with Crippen LogP contribution in [0.2, 0.25) is 0 Å². The molecule has 0 aromatic rings. The summed E-state index contributed by atoms with van der Waals surface area (Å²) in [5.74, 6) is -1.68. The van der Waals surface area contributed by atoms with Crippen LogP contribution in [-0.2, 0) is 36.4 Å². The molecule has 0 spiro atoms. The van der Waals surface area contributed by atoms with Gasteiger partial charge in [-0.15, -0.1) is 0 Å². The van der Waals surface area contributed by atoms with Crippen molar-refractivity contribution in [1.29, 1.82) is 0 Å². The Morgan fingerprint density at radius 3 is 1.53 bits per heavy atom. The van der Waals surface area contributed by atoms with E-state index in [-0.39, 0.29) is 5.91 Å². The summed E-state index contributed by atoms with van der Waals surface area (Å²) in [6.07, 6.45) is 4.38. The number of carboxylic acid groups (broad SMARTS) is 1. The molecule has 0 radical (unpaired) electrons. The van der Waals surface area contributed by atoms with E-state index in [9.17, 15) is 22.8 Å². The number of aliphatic carboxylic acids is 1. The van der Waals surface area contributed by atoms with Crippen LogP contribution in [0.15, 0.2) is 21.0 Å². The molecule has 0 aromatic heterocycles. The average Bonchev–Trinajstić information content (AvgIpc) is 2.98. The van der Waals surface area contributed by atoms with Gasteiger partial charge in [0, 0.05) is 27.5 Å². The summed E-state index contributed by atoms with van der Waals surface area (Å²) in [5.41, 5.74) is 1.03. The second kappa shape index (κ2) is 13.5. The van der Waals surface area contributed by atoms with Crippen LogP contribution in [0.5, 0.6) is 0 Å². The fourth-order valence-corrected chi connectivity index (χ4v) is 4.82. The van der Waals surface area contributed by atoms with Crippen LogP contribution in [0.4, 0.5) is 0 Å². The third kappa shape index (κ3) is 7.46. The van der Waals surface area contributed by atoms with Gasteiger partial charge in [0.2, 0.25) is 0 Å². The molecule has 2 aliphatic heterocycles. The summed E-state index contributed by atoms with van der Waals surface area (Å²) in [5, 5.41) is 8.44. The standard InChI is InChI=1S/C10H17NO2S.C7H9NO4S.C3H8/c1-4-5-6-7-11-10(12)8(2)9(3)14(11)13;1-4-5(2)13(12)8(7(4)11)3-6(9)10;1-3-2/h4-7H2,1-3H3;3H2,1-2H3,(H,9,10);3H2,1-2H3. The van der Waals surface area contributed by atoms with E-state index in [1.54, 1.807) is 20.8 Å². The monoisotopic (exact) mass is 462 g/mol. The number of hydrogen-bond acceptors (Lipinski definition) is 5. The van der Waals surface area contributed by atoms with Crippen LogP contribution >= 0.6 is 0 Å². The van der Waals surface area contributed by atoms with Gasteiger partial charge in [-0.25, -0.2) is 12.7 Å². The first-order valence-corrected chi connectivity index (χ1v) is 12.2. The molecule has 2 heterocycles. The molecule has 0 fully saturated rings. The lowest BCUT2D eigenvalue weighted by molar-refractivity contribution is -0.140. The van der Waals surface area contributed by atoms with Crippen molar-refractivity contribution in [2.45, 2.75) is 74.1 Å². The molecule has 2 aliphatic rings. The van der Waals surface area contributed by atoms with E-state index in [2.05, 4.69) is 20.8 Å². The zero-order valence-electron chi connectivity index (χ0n) is 18.9. The fourth-order valence-electron chi connectivity index (χ4n) is 2.36. The van der Waals surface area contributed by atoms with Crippen molar-refractivity contribution in [3.05, 3.63) is 21.0 Å². The van der Waals surface area contributed by atoms with Crippen LogP contribution in [0, 0.1) is 0 Å². The van der Waals surface area contributed by atoms with Crippen LogP contribution in [0.1, 0.15) is 74.1 Å². The first-order valence-electron chi connectivity index (χ1n) is 10.00. The number of carbonyl (C=O) groups is 3. The Morgan fingerprint density at radius 2 is 1.23 bits per heavy atom. The van der Waals surface area contributed by atoms with Gasteiger partial charge in [-0.05, 0) is 34.1 Å². The third-order valence-corrected chi connectivity index (χ3v) is 7.42. The first-order chi connectivity index (χ1) is 14.0. The van der Waals surface area contributed by atoms with Crippen molar-refractivity contribution in [3.63, 3.8) is 0 Å². The summed E-state index contributed by atoms with van der Waals surface area (Å²) in [7, 11) is -2.81. The number of carboxylic acids is 1. The van der Waals surface area contributed by atoms with Gasteiger partial charge in [-0.2, -0.15) is 0 Å². The summed E-state index contributed by atoms with van der Waals surface area (Å²) < 4.78 is 25.3. The highest BCUT2D eigenvalue weighted by Crippen LogP contribution is 2.24. The summed E-state index contributed by atoms with van der Waals surface area (Å²) in [6.45, 7) is 13.1. The van der Waals surface area contributed by atoms with Crippen molar-refractivity contribution in [3.8, 4) is 0 Å².